The number of hydrogen-bond acceptors (Lipinski definition) is 4. The minimum atomic E-state index is -0.351. The van der Waals surface area contributed by atoms with Crippen molar-refractivity contribution >= 4 is 34.8 Å². The van der Waals surface area contributed by atoms with Crippen molar-refractivity contribution in [3.05, 3.63) is 95.6 Å². The van der Waals surface area contributed by atoms with E-state index in [9.17, 15) is 9.59 Å². The molecule has 0 aliphatic carbocycles. The molecule has 0 unspecified atom stereocenters. The zero-order chi connectivity index (χ0) is 22.8. The molecule has 0 aromatic heterocycles. The molecule has 6 nitrogen and oxygen atoms in total. The van der Waals surface area contributed by atoms with E-state index < -0.39 is 0 Å². The molecule has 3 aromatic rings. The molecule has 0 aliphatic heterocycles. The van der Waals surface area contributed by atoms with Gasteiger partial charge in [-0.25, -0.2) is 0 Å². The molecule has 0 bridgehead atoms. The molecule has 32 heavy (non-hydrogen) atoms. The van der Waals surface area contributed by atoms with Crippen molar-refractivity contribution in [1.29, 1.82) is 0 Å². The van der Waals surface area contributed by atoms with Gasteiger partial charge < -0.3 is 15.4 Å². The van der Waals surface area contributed by atoms with Crippen molar-refractivity contribution in [2.75, 3.05) is 11.9 Å². The summed E-state index contributed by atoms with van der Waals surface area (Å²) in [5, 5.41) is 8.58. The lowest BCUT2D eigenvalue weighted by atomic mass is 10.1. The first-order chi connectivity index (χ1) is 15.6. The zero-order valence-corrected chi connectivity index (χ0v) is 18.6. The van der Waals surface area contributed by atoms with Gasteiger partial charge in [0.05, 0.1) is 17.9 Å². The third-order valence-electron chi connectivity index (χ3n) is 4.53. The smallest absolute Gasteiger partial charge is 0.257 e. The van der Waals surface area contributed by atoms with Gasteiger partial charge in [0.2, 0.25) is 0 Å². The van der Waals surface area contributed by atoms with Gasteiger partial charge in [-0.15, -0.1) is 0 Å². The lowest BCUT2D eigenvalue weighted by Gasteiger charge is -2.14. The SMILES string of the molecule is CCCOc1ccc(C(=O)NC(=S)Nc2ccccc2C(=O)NCc2ccccc2)cc1. The number of benzene rings is 3. The molecule has 2 amide bonds. The fourth-order valence-electron chi connectivity index (χ4n) is 2.91. The van der Waals surface area contributed by atoms with Gasteiger partial charge in [-0.1, -0.05) is 49.4 Å². The lowest BCUT2D eigenvalue weighted by Crippen LogP contribution is -2.35. The van der Waals surface area contributed by atoms with Gasteiger partial charge in [0.25, 0.3) is 11.8 Å². The van der Waals surface area contributed by atoms with Crippen molar-refractivity contribution in [3.63, 3.8) is 0 Å². The molecule has 0 heterocycles. The number of ether oxygens (including phenoxy) is 1. The highest BCUT2D eigenvalue weighted by molar-refractivity contribution is 7.80. The molecule has 0 saturated carbocycles. The van der Waals surface area contributed by atoms with E-state index in [1.54, 1.807) is 48.5 Å². The van der Waals surface area contributed by atoms with Crippen molar-refractivity contribution in [3.8, 4) is 5.75 Å². The Morgan fingerprint density at radius 3 is 2.28 bits per heavy atom. The fraction of sp³-hybridized carbons (Fsp3) is 0.160. The summed E-state index contributed by atoms with van der Waals surface area (Å²) >= 11 is 5.28. The first-order valence-electron chi connectivity index (χ1n) is 10.3. The predicted octanol–water partition coefficient (Wildman–Crippen LogP) is 4.53. The number of amides is 2. The summed E-state index contributed by atoms with van der Waals surface area (Å²) in [5.74, 6) is 0.115. The molecular formula is C25H25N3O3S. The van der Waals surface area contributed by atoms with Crippen LogP contribution in [0.4, 0.5) is 5.69 Å². The Bertz CT molecular complexity index is 1070. The third kappa shape index (κ3) is 6.65. The van der Waals surface area contributed by atoms with E-state index in [1.807, 2.05) is 37.3 Å². The van der Waals surface area contributed by atoms with Crippen LogP contribution in [-0.2, 0) is 6.54 Å². The Hall–Kier alpha value is -3.71. The molecule has 164 valence electrons. The number of anilines is 1. The summed E-state index contributed by atoms with van der Waals surface area (Å²) in [4.78, 5) is 25.2. The van der Waals surface area contributed by atoms with E-state index >= 15 is 0 Å². The van der Waals surface area contributed by atoms with Crippen LogP contribution in [0.5, 0.6) is 5.75 Å². The largest absolute Gasteiger partial charge is 0.494 e. The normalized spacial score (nSPS) is 10.2. The molecule has 3 aromatic carbocycles. The van der Waals surface area contributed by atoms with E-state index in [2.05, 4.69) is 16.0 Å². The Balaban J connectivity index is 1.59. The Kier molecular flexibility index (Phi) is 8.34. The third-order valence-corrected chi connectivity index (χ3v) is 4.74. The minimum Gasteiger partial charge on any atom is -0.494 e. The average Bonchev–Trinajstić information content (AvgIpc) is 2.82. The maximum absolute atomic E-state index is 12.7. The summed E-state index contributed by atoms with van der Waals surface area (Å²) in [6, 6.07) is 23.5. The van der Waals surface area contributed by atoms with Crippen LogP contribution >= 0.6 is 12.2 Å². The van der Waals surface area contributed by atoms with Crippen LogP contribution in [0.1, 0.15) is 39.6 Å². The van der Waals surface area contributed by atoms with Crippen LogP contribution in [0, 0.1) is 0 Å². The van der Waals surface area contributed by atoms with Crippen LogP contribution in [0.25, 0.3) is 0 Å². The molecule has 0 atom stereocenters. The number of carbonyl (C=O) groups excluding carboxylic acids is 2. The van der Waals surface area contributed by atoms with E-state index in [0.717, 1.165) is 12.0 Å². The number of thiocarbonyl (C=S) groups is 1. The summed E-state index contributed by atoms with van der Waals surface area (Å²) in [7, 11) is 0. The quantitative estimate of drug-likeness (QED) is 0.442. The minimum absolute atomic E-state index is 0.101. The van der Waals surface area contributed by atoms with Crippen LogP contribution in [0.15, 0.2) is 78.9 Å². The first-order valence-corrected chi connectivity index (χ1v) is 10.7. The van der Waals surface area contributed by atoms with Gasteiger partial charge >= 0.3 is 0 Å². The average molecular weight is 448 g/mol. The zero-order valence-electron chi connectivity index (χ0n) is 17.8. The summed E-state index contributed by atoms with van der Waals surface area (Å²) in [6.45, 7) is 3.06. The number of carbonyl (C=O) groups is 2. The predicted molar refractivity (Wildman–Crippen MR) is 130 cm³/mol. The Morgan fingerprint density at radius 2 is 1.56 bits per heavy atom. The first kappa shape index (κ1) is 23.0. The molecular weight excluding hydrogens is 422 g/mol. The van der Waals surface area contributed by atoms with Crippen LogP contribution in [0.2, 0.25) is 0 Å². The monoisotopic (exact) mass is 447 g/mol. The Morgan fingerprint density at radius 1 is 0.875 bits per heavy atom. The second-order valence-electron chi connectivity index (χ2n) is 6.99. The summed E-state index contributed by atoms with van der Waals surface area (Å²) < 4.78 is 5.53. The standard InChI is InChI=1S/C25H25N3O3S/c1-2-16-31-20-14-12-19(13-15-20)23(29)28-25(32)27-22-11-7-6-10-21(22)24(30)26-17-18-8-4-3-5-9-18/h3-15H,2,16-17H2,1H3,(H,26,30)(H2,27,28,29,32). The maximum Gasteiger partial charge on any atom is 0.257 e. The van der Waals surface area contributed by atoms with Gasteiger partial charge in [0.15, 0.2) is 5.11 Å². The van der Waals surface area contributed by atoms with Crippen molar-refractivity contribution in [2.45, 2.75) is 19.9 Å². The van der Waals surface area contributed by atoms with E-state index in [1.165, 1.54) is 0 Å². The van der Waals surface area contributed by atoms with Crippen molar-refractivity contribution in [1.82, 2.24) is 10.6 Å². The highest BCUT2D eigenvalue weighted by Gasteiger charge is 2.13. The molecule has 0 fully saturated rings. The van der Waals surface area contributed by atoms with Crippen LogP contribution in [0.3, 0.4) is 0 Å². The van der Waals surface area contributed by atoms with E-state index in [4.69, 9.17) is 17.0 Å². The number of nitrogens with one attached hydrogen (secondary N) is 3. The topological polar surface area (TPSA) is 79.5 Å². The maximum atomic E-state index is 12.7. The van der Waals surface area contributed by atoms with Gasteiger partial charge in [-0.3, -0.25) is 14.9 Å². The molecule has 3 rings (SSSR count). The highest BCUT2D eigenvalue weighted by Crippen LogP contribution is 2.16. The molecule has 0 aliphatic rings. The van der Waals surface area contributed by atoms with Crippen LogP contribution < -0.4 is 20.7 Å². The summed E-state index contributed by atoms with van der Waals surface area (Å²) in [6.07, 6.45) is 0.911. The second-order valence-corrected chi connectivity index (χ2v) is 7.40. The molecule has 7 heteroatoms. The fourth-order valence-corrected chi connectivity index (χ4v) is 3.12. The number of hydrogen-bond donors (Lipinski definition) is 3. The number of rotatable bonds is 8. The molecule has 0 spiro atoms. The molecule has 0 saturated heterocycles. The molecule has 0 radical (unpaired) electrons. The van der Waals surface area contributed by atoms with E-state index in [-0.39, 0.29) is 16.9 Å². The van der Waals surface area contributed by atoms with Crippen LogP contribution in [-0.4, -0.2) is 23.5 Å². The second kappa shape index (κ2) is 11.6. The number of para-hydroxylation sites is 1. The highest BCUT2D eigenvalue weighted by atomic mass is 32.1. The van der Waals surface area contributed by atoms with Crippen molar-refractivity contribution < 1.29 is 14.3 Å². The molecule has 3 N–H and O–H groups in total. The van der Waals surface area contributed by atoms with Gasteiger partial charge in [0, 0.05) is 12.1 Å². The van der Waals surface area contributed by atoms with Gasteiger partial charge in [-0.05, 0) is 60.6 Å². The van der Waals surface area contributed by atoms with Crippen molar-refractivity contribution in [2.24, 2.45) is 0 Å². The Labute approximate surface area is 193 Å². The summed E-state index contributed by atoms with van der Waals surface area (Å²) in [5.41, 5.74) is 2.39. The van der Waals surface area contributed by atoms with Gasteiger partial charge in [0.1, 0.15) is 5.75 Å². The van der Waals surface area contributed by atoms with Gasteiger partial charge in [-0.2, -0.15) is 0 Å². The lowest BCUT2D eigenvalue weighted by molar-refractivity contribution is 0.0950. The van der Waals surface area contributed by atoms with E-state index in [0.29, 0.717) is 35.7 Å².